The minimum Gasteiger partial charge on any atom is -0.460 e. The van der Waals surface area contributed by atoms with E-state index in [0.717, 1.165) is 17.0 Å². The molecule has 0 spiro atoms. The third-order valence-corrected chi connectivity index (χ3v) is 5.55. The molecule has 0 aliphatic carbocycles. The maximum absolute atomic E-state index is 12.2. The fourth-order valence-corrected chi connectivity index (χ4v) is 4.04. The highest BCUT2D eigenvalue weighted by Crippen LogP contribution is 2.30. The number of benzene rings is 3. The summed E-state index contributed by atoms with van der Waals surface area (Å²) in [5.41, 5.74) is 3.42. The van der Waals surface area contributed by atoms with Crippen molar-refractivity contribution in [3.8, 4) is 0 Å². The van der Waals surface area contributed by atoms with Crippen LogP contribution in [0.5, 0.6) is 0 Å². The predicted octanol–water partition coefficient (Wildman–Crippen LogP) is 5.53. The van der Waals surface area contributed by atoms with Crippen molar-refractivity contribution in [3.63, 3.8) is 0 Å². The van der Waals surface area contributed by atoms with Gasteiger partial charge in [-0.1, -0.05) is 78.9 Å². The van der Waals surface area contributed by atoms with Gasteiger partial charge in [0.25, 0.3) is 0 Å². The Balaban J connectivity index is 1.44. The molecule has 0 fully saturated rings. The van der Waals surface area contributed by atoms with Crippen molar-refractivity contribution in [1.82, 2.24) is 4.57 Å². The first-order valence-electron chi connectivity index (χ1n) is 9.24. The van der Waals surface area contributed by atoms with Crippen molar-refractivity contribution in [2.45, 2.75) is 18.0 Å². The zero-order chi connectivity index (χ0) is 19.2. The molecular weight excluding hydrogens is 366 g/mol. The Morgan fingerprint density at radius 2 is 1.46 bits per heavy atom. The zero-order valence-electron chi connectivity index (χ0n) is 15.5. The highest BCUT2D eigenvalue weighted by Gasteiger charge is 2.12. The van der Waals surface area contributed by atoms with Crippen molar-refractivity contribution in [3.05, 3.63) is 102 Å². The van der Waals surface area contributed by atoms with E-state index in [1.807, 2.05) is 48.5 Å². The standard InChI is InChI=1S/C24H21NO2S/c26-24(27-17-20-11-5-2-6-12-20)18-28-23-16-25(15-19-9-3-1-4-10-19)22-14-8-7-13-21(22)23/h1-14,16H,15,17-18H2. The van der Waals surface area contributed by atoms with Gasteiger partial charge >= 0.3 is 5.97 Å². The second kappa shape index (κ2) is 8.81. The largest absolute Gasteiger partial charge is 0.460 e. The Hall–Kier alpha value is -2.98. The van der Waals surface area contributed by atoms with Gasteiger partial charge in [-0.15, -0.1) is 11.8 Å². The topological polar surface area (TPSA) is 31.2 Å². The maximum atomic E-state index is 12.2. The van der Waals surface area contributed by atoms with Crippen LogP contribution < -0.4 is 0 Å². The van der Waals surface area contributed by atoms with Gasteiger partial charge < -0.3 is 9.30 Å². The van der Waals surface area contributed by atoms with E-state index >= 15 is 0 Å². The highest BCUT2D eigenvalue weighted by molar-refractivity contribution is 8.00. The molecule has 0 radical (unpaired) electrons. The molecule has 0 atom stereocenters. The summed E-state index contributed by atoms with van der Waals surface area (Å²) >= 11 is 1.53. The SMILES string of the molecule is O=C(CSc1cn(Cc2ccccc2)c2ccccc12)OCc1ccccc1. The normalized spacial score (nSPS) is 10.9. The van der Waals surface area contributed by atoms with Gasteiger partial charge in [0, 0.05) is 28.5 Å². The first kappa shape index (κ1) is 18.4. The minimum absolute atomic E-state index is 0.200. The van der Waals surface area contributed by atoms with Crippen molar-refractivity contribution in [2.24, 2.45) is 0 Å². The van der Waals surface area contributed by atoms with E-state index in [-0.39, 0.29) is 5.97 Å². The molecule has 4 aromatic rings. The fourth-order valence-electron chi connectivity index (χ4n) is 3.16. The lowest BCUT2D eigenvalue weighted by Gasteiger charge is -2.05. The summed E-state index contributed by atoms with van der Waals surface area (Å²) in [5, 5.41) is 1.17. The molecule has 28 heavy (non-hydrogen) atoms. The van der Waals surface area contributed by atoms with Crippen LogP contribution in [-0.2, 0) is 22.7 Å². The number of thioether (sulfide) groups is 1. The third-order valence-electron chi connectivity index (χ3n) is 4.54. The van der Waals surface area contributed by atoms with Gasteiger partial charge in [0.2, 0.25) is 0 Å². The molecule has 0 aliphatic heterocycles. The van der Waals surface area contributed by atoms with Gasteiger partial charge in [-0.05, 0) is 17.2 Å². The number of carbonyl (C=O) groups excluding carboxylic acids is 1. The molecule has 0 unspecified atom stereocenters. The summed E-state index contributed by atoms with van der Waals surface area (Å²) in [4.78, 5) is 13.3. The Morgan fingerprint density at radius 1 is 0.821 bits per heavy atom. The van der Waals surface area contributed by atoms with Crippen molar-refractivity contribution in [1.29, 1.82) is 0 Å². The smallest absolute Gasteiger partial charge is 0.316 e. The molecule has 1 aromatic heterocycles. The minimum atomic E-state index is -0.200. The Bertz CT molecular complexity index is 1060. The molecule has 0 saturated heterocycles. The van der Waals surface area contributed by atoms with Crippen LogP contribution in [0.2, 0.25) is 0 Å². The van der Waals surface area contributed by atoms with Crippen LogP contribution in [0, 0.1) is 0 Å². The van der Waals surface area contributed by atoms with Crippen LogP contribution >= 0.6 is 11.8 Å². The molecule has 4 heteroatoms. The zero-order valence-corrected chi connectivity index (χ0v) is 16.3. The van der Waals surface area contributed by atoms with Crippen LogP contribution in [0.1, 0.15) is 11.1 Å². The van der Waals surface area contributed by atoms with E-state index in [1.54, 1.807) is 0 Å². The van der Waals surface area contributed by atoms with Crippen molar-refractivity contribution in [2.75, 3.05) is 5.75 Å². The van der Waals surface area contributed by atoms with E-state index in [9.17, 15) is 4.79 Å². The maximum Gasteiger partial charge on any atom is 0.316 e. The molecule has 0 bridgehead atoms. The fraction of sp³-hybridized carbons (Fsp3) is 0.125. The number of hydrogen-bond donors (Lipinski definition) is 0. The third kappa shape index (κ3) is 4.46. The highest BCUT2D eigenvalue weighted by atomic mass is 32.2. The van der Waals surface area contributed by atoms with Crippen LogP contribution in [0.15, 0.2) is 96.0 Å². The van der Waals surface area contributed by atoms with Crippen LogP contribution in [-0.4, -0.2) is 16.3 Å². The van der Waals surface area contributed by atoms with E-state index in [1.165, 1.54) is 28.2 Å². The Labute approximate surface area is 169 Å². The van der Waals surface area contributed by atoms with Crippen LogP contribution in [0.25, 0.3) is 10.9 Å². The summed E-state index contributed by atoms with van der Waals surface area (Å²) in [6.07, 6.45) is 2.13. The molecule has 0 aliphatic rings. The average molecular weight is 388 g/mol. The molecule has 0 saturated carbocycles. The van der Waals surface area contributed by atoms with Gasteiger partial charge in [0.1, 0.15) is 6.61 Å². The number of carbonyl (C=O) groups is 1. The van der Waals surface area contributed by atoms with E-state index in [4.69, 9.17) is 4.74 Å². The number of fused-ring (bicyclic) bond motifs is 1. The average Bonchev–Trinajstić information content (AvgIpc) is 3.10. The monoisotopic (exact) mass is 387 g/mol. The number of esters is 1. The van der Waals surface area contributed by atoms with Gasteiger partial charge in [-0.2, -0.15) is 0 Å². The molecule has 0 N–H and O–H groups in total. The number of ether oxygens (including phenoxy) is 1. The van der Waals surface area contributed by atoms with Crippen LogP contribution in [0.3, 0.4) is 0 Å². The molecular formula is C24H21NO2S. The number of rotatable bonds is 7. The van der Waals surface area contributed by atoms with Gasteiger partial charge in [-0.3, -0.25) is 4.79 Å². The number of hydrogen-bond acceptors (Lipinski definition) is 3. The quantitative estimate of drug-likeness (QED) is 0.309. The summed E-state index contributed by atoms with van der Waals surface area (Å²) < 4.78 is 7.64. The number of para-hydroxylation sites is 1. The second-order valence-electron chi connectivity index (χ2n) is 6.56. The van der Waals surface area contributed by atoms with Gasteiger partial charge in [0.05, 0.1) is 5.75 Å². The van der Waals surface area contributed by atoms with Gasteiger partial charge in [-0.25, -0.2) is 0 Å². The number of aromatic nitrogens is 1. The lowest BCUT2D eigenvalue weighted by atomic mass is 10.2. The molecule has 3 aromatic carbocycles. The van der Waals surface area contributed by atoms with E-state index in [0.29, 0.717) is 12.4 Å². The van der Waals surface area contributed by atoms with Crippen LogP contribution in [0.4, 0.5) is 0 Å². The Kier molecular flexibility index (Phi) is 5.78. The first-order valence-corrected chi connectivity index (χ1v) is 10.2. The predicted molar refractivity (Wildman–Crippen MR) is 114 cm³/mol. The molecule has 4 rings (SSSR count). The second-order valence-corrected chi connectivity index (χ2v) is 7.58. The molecule has 1 heterocycles. The lowest BCUT2D eigenvalue weighted by molar-refractivity contribution is -0.141. The van der Waals surface area contributed by atoms with Crippen molar-refractivity contribution < 1.29 is 9.53 Å². The van der Waals surface area contributed by atoms with Gasteiger partial charge in [0.15, 0.2) is 0 Å². The summed E-state index contributed by atoms with van der Waals surface area (Å²) in [5.74, 6) is 0.0976. The first-order chi connectivity index (χ1) is 13.8. The number of nitrogens with zero attached hydrogens (tertiary/aromatic N) is 1. The summed E-state index contributed by atoms with van der Waals surface area (Å²) in [6.45, 7) is 1.12. The van der Waals surface area contributed by atoms with Crippen molar-refractivity contribution >= 4 is 28.6 Å². The molecule has 3 nitrogen and oxygen atoms in total. The lowest BCUT2D eigenvalue weighted by Crippen LogP contribution is -2.07. The van der Waals surface area contributed by atoms with E-state index < -0.39 is 0 Å². The molecule has 140 valence electrons. The summed E-state index contributed by atoms with van der Waals surface area (Å²) in [7, 11) is 0. The van der Waals surface area contributed by atoms with E-state index in [2.05, 4.69) is 47.2 Å². The summed E-state index contributed by atoms with van der Waals surface area (Å²) in [6, 6.07) is 28.5. The Morgan fingerprint density at radius 3 is 2.21 bits per heavy atom. The molecule has 0 amide bonds.